The van der Waals surface area contributed by atoms with Crippen molar-refractivity contribution in [3.8, 4) is 22.9 Å². The molecular weight excluding hydrogens is 476 g/mol. The van der Waals surface area contributed by atoms with E-state index >= 15 is 0 Å². The summed E-state index contributed by atoms with van der Waals surface area (Å²) in [7, 11) is -4.04. The van der Waals surface area contributed by atoms with E-state index < -0.39 is 16.0 Å². The number of fused-ring (bicyclic) bond motifs is 1. The Kier molecular flexibility index (Phi) is 6.02. The highest BCUT2D eigenvalue weighted by atomic mass is 32.2. The number of ether oxygens (including phenoxy) is 3. The fourth-order valence-corrected chi connectivity index (χ4v) is 4.37. The van der Waals surface area contributed by atoms with Gasteiger partial charge in [-0.25, -0.2) is 13.2 Å². The zero-order valence-corrected chi connectivity index (χ0v) is 18.9. The third kappa shape index (κ3) is 4.92. The molecule has 0 saturated heterocycles. The summed E-state index contributed by atoms with van der Waals surface area (Å²) in [4.78, 5) is 20.9. The Labute approximate surface area is 199 Å². The number of benzene rings is 2. The van der Waals surface area contributed by atoms with Crippen LogP contribution in [0.25, 0.3) is 11.4 Å². The van der Waals surface area contributed by atoms with E-state index in [0.717, 1.165) is 0 Å². The highest BCUT2D eigenvalue weighted by molar-refractivity contribution is 7.92. The van der Waals surface area contributed by atoms with E-state index in [0.29, 0.717) is 36.1 Å². The molecule has 3 heterocycles. The van der Waals surface area contributed by atoms with Gasteiger partial charge in [0.05, 0.1) is 16.1 Å². The summed E-state index contributed by atoms with van der Waals surface area (Å²) in [5.74, 6) is 0.402. The van der Waals surface area contributed by atoms with Crippen molar-refractivity contribution in [2.75, 3.05) is 17.9 Å². The number of aromatic nitrogens is 3. The Hall–Kier alpha value is -4.45. The fourth-order valence-electron chi connectivity index (χ4n) is 3.28. The third-order valence-corrected chi connectivity index (χ3v) is 6.29. The molecule has 0 atom stereocenters. The second-order valence-electron chi connectivity index (χ2n) is 7.29. The lowest BCUT2D eigenvalue weighted by molar-refractivity contribution is 0.0431. The number of sulfonamides is 1. The number of nitrogens with zero attached hydrogens (tertiary/aromatic N) is 3. The summed E-state index contributed by atoms with van der Waals surface area (Å²) in [5.41, 5.74) is 0.710. The molecule has 11 nitrogen and oxygen atoms in total. The first kappa shape index (κ1) is 22.3. The molecule has 1 N–H and O–H groups in total. The topological polar surface area (TPSA) is 143 Å². The van der Waals surface area contributed by atoms with Crippen LogP contribution in [-0.4, -0.2) is 42.7 Å². The van der Waals surface area contributed by atoms with Crippen LogP contribution in [0.4, 0.5) is 5.69 Å². The molecule has 1 aliphatic rings. The van der Waals surface area contributed by atoms with Crippen LogP contribution in [0.5, 0.6) is 11.5 Å². The van der Waals surface area contributed by atoms with Gasteiger partial charge in [0.2, 0.25) is 5.82 Å². The van der Waals surface area contributed by atoms with Crippen molar-refractivity contribution >= 4 is 21.7 Å². The Morgan fingerprint density at radius 2 is 1.86 bits per heavy atom. The first-order chi connectivity index (χ1) is 17.0. The molecule has 178 valence electrons. The SMILES string of the molecule is O=C(OCc1nc(-c2cccnc2)no1)c1ccccc1NS(=O)(=O)c1ccc2c(c1)OCCO2. The van der Waals surface area contributed by atoms with Crippen LogP contribution in [0.3, 0.4) is 0 Å². The number of para-hydroxylation sites is 1. The van der Waals surface area contributed by atoms with Gasteiger partial charge >= 0.3 is 5.97 Å². The summed E-state index contributed by atoms with van der Waals surface area (Å²) in [6.45, 7) is 0.416. The molecule has 1 aliphatic heterocycles. The van der Waals surface area contributed by atoms with Crippen molar-refractivity contribution in [1.82, 2.24) is 15.1 Å². The Morgan fingerprint density at radius 1 is 1.03 bits per heavy atom. The molecule has 35 heavy (non-hydrogen) atoms. The normalized spacial score (nSPS) is 12.7. The molecular formula is C23H18N4O7S. The summed E-state index contributed by atoms with van der Waals surface area (Å²) in [5, 5.41) is 3.84. The lowest BCUT2D eigenvalue weighted by Crippen LogP contribution is -2.18. The fraction of sp³-hybridized carbons (Fsp3) is 0.130. The third-order valence-electron chi connectivity index (χ3n) is 4.93. The van der Waals surface area contributed by atoms with Gasteiger partial charge in [-0.05, 0) is 36.4 Å². The van der Waals surface area contributed by atoms with Gasteiger partial charge in [0.15, 0.2) is 18.1 Å². The van der Waals surface area contributed by atoms with Crippen molar-refractivity contribution < 1.29 is 31.9 Å². The molecule has 2 aromatic heterocycles. The number of nitrogens with one attached hydrogen (secondary N) is 1. The molecule has 4 aromatic rings. The maximum absolute atomic E-state index is 13.0. The molecule has 5 rings (SSSR count). The number of hydrogen-bond acceptors (Lipinski definition) is 10. The van der Waals surface area contributed by atoms with E-state index in [9.17, 15) is 13.2 Å². The average molecular weight is 494 g/mol. The van der Waals surface area contributed by atoms with E-state index in [1.807, 2.05) is 0 Å². The number of carbonyl (C=O) groups excluding carboxylic acids is 1. The Morgan fingerprint density at radius 3 is 2.69 bits per heavy atom. The van der Waals surface area contributed by atoms with Crippen LogP contribution < -0.4 is 14.2 Å². The van der Waals surface area contributed by atoms with Crippen LogP contribution >= 0.6 is 0 Å². The molecule has 0 amide bonds. The van der Waals surface area contributed by atoms with Crippen molar-refractivity contribution in [3.63, 3.8) is 0 Å². The number of esters is 1. The zero-order chi connectivity index (χ0) is 24.3. The molecule has 0 spiro atoms. The Balaban J connectivity index is 1.30. The molecule has 12 heteroatoms. The van der Waals surface area contributed by atoms with Gasteiger partial charge in [-0.1, -0.05) is 17.3 Å². The maximum Gasteiger partial charge on any atom is 0.340 e. The standard InChI is InChI=1S/C23H18N4O7S/c28-23(33-14-21-25-22(26-34-21)15-4-3-9-24-13-15)17-5-1-2-6-18(17)27-35(29,30)16-7-8-19-20(12-16)32-11-10-31-19/h1-9,12-13,27H,10-11,14H2. The van der Waals surface area contributed by atoms with Gasteiger partial charge < -0.3 is 18.7 Å². The van der Waals surface area contributed by atoms with Crippen molar-refractivity contribution in [2.45, 2.75) is 11.5 Å². The van der Waals surface area contributed by atoms with Crippen LogP contribution in [0.1, 0.15) is 16.2 Å². The highest BCUT2D eigenvalue weighted by Gasteiger charge is 2.22. The van der Waals surface area contributed by atoms with E-state index in [2.05, 4.69) is 19.8 Å². The smallest absolute Gasteiger partial charge is 0.340 e. The van der Waals surface area contributed by atoms with Gasteiger partial charge in [-0.2, -0.15) is 4.98 Å². The molecule has 2 aromatic carbocycles. The van der Waals surface area contributed by atoms with Crippen LogP contribution in [0, 0.1) is 0 Å². The van der Waals surface area contributed by atoms with Crippen LogP contribution in [0.2, 0.25) is 0 Å². The lowest BCUT2D eigenvalue weighted by Gasteiger charge is -2.19. The summed E-state index contributed by atoms with van der Waals surface area (Å²) >= 11 is 0. The van der Waals surface area contributed by atoms with E-state index in [-0.39, 0.29) is 28.6 Å². The number of rotatable bonds is 7. The monoisotopic (exact) mass is 494 g/mol. The number of hydrogen-bond donors (Lipinski definition) is 1. The van der Waals surface area contributed by atoms with Crippen molar-refractivity contribution in [1.29, 1.82) is 0 Å². The molecule has 0 fully saturated rings. The molecule has 0 radical (unpaired) electrons. The van der Waals surface area contributed by atoms with Crippen molar-refractivity contribution in [3.05, 3.63) is 78.4 Å². The van der Waals surface area contributed by atoms with Gasteiger partial charge in [0, 0.05) is 24.0 Å². The van der Waals surface area contributed by atoms with E-state index in [1.54, 1.807) is 36.7 Å². The molecule has 0 unspecified atom stereocenters. The first-order valence-electron chi connectivity index (χ1n) is 10.4. The largest absolute Gasteiger partial charge is 0.486 e. The average Bonchev–Trinajstić information content (AvgIpc) is 3.37. The molecule has 0 aliphatic carbocycles. The predicted octanol–water partition coefficient (Wildman–Crippen LogP) is 3.06. The minimum absolute atomic E-state index is 0.0145. The molecule has 0 saturated carbocycles. The second kappa shape index (κ2) is 9.43. The Bertz CT molecular complexity index is 1470. The lowest BCUT2D eigenvalue weighted by atomic mass is 10.2. The summed E-state index contributed by atoms with van der Waals surface area (Å²) in [6.07, 6.45) is 3.19. The number of anilines is 1. The number of pyridine rings is 1. The second-order valence-corrected chi connectivity index (χ2v) is 8.97. The van der Waals surface area contributed by atoms with Gasteiger partial charge in [-0.15, -0.1) is 0 Å². The van der Waals surface area contributed by atoms with Crippen molar-refractivity contribution in [2.24, 2.45) is 0 Å². The quantitative estimate of drug-likeness (QED) is 0.381. The van der Waals surface area contributed by atoms with E-state index in [4.69, 9.17) is 18.7 Å². The highest BCUT2D eigenvalue weighted by Crippen LogP contribution is 2.33. The number of carbonyl (C=O) groups is 1. The molecule has 0 bridgehead atoms. The van der Waals surface area contributed by atoms with Crippen LogP contribution in [0.15, 0.2) is 76.4 Å². The van der Waals surface area contributed by atoms with Gasteiger partial charge in [-0.3, -0.25) is 9.71 Å². The first-order valence-corrected chi connectivity index (χ1v) is 11.9. The van der Waals surface area contributed by atoms with Gasteiger partial charge in [0.25, 0.3) is 15.9 Å². The van der Waals surface area contributed by atoms with E-state index in [1.165, 1.54) is 30.3 Å². The zero-order valence-electron chi connectivity index (χ0n) is 18.1. The maximum atomic E-state index is 13.0. The van der Waals surface area contributed by atoms with Crippen LogP contribution in [-0.2, 0) is 21.4 Å². The minimum Gasteiger partial charge on any atom is -0.486 e. The minimum atomic E-state index is -4.04. The predicted molar refractivity (Wildman–Crippen MR) is 121 cm³/mol. The van der Waals surface area contributed by atoms with Gasteiger partial charge in [0.1, 0.15) is 13.2 Å². The summed E-state index contributed by atoms with van der Waals surface area (Å²) < 4.78 is 49.7. The summed E-state index contributed by atoms with van der Waals surface area (Å²) in [6, 6.07) is 13.9.